The molecule has 40 heavy (non-hydrogen) atoms. The topological polar surface area (TPSA) is 72.0 Å². The van der Waals surface area contributed by atoms with Gasteiger partial charge in [-0.1, -0.05) is 12.1 Å². The monoisotopic (exact) mass is 545 g/mol. The van der Waals surface area contributed by atoms with Crippen LogP contribution in [0.2, 0.25) is 0 Å². The second-order valence-electron chi connectivity index (χ2n) is 10.7. The lowest BCUT2D eigenvalue weighted by Crippen LogP contribution is -2.41. The molecule has 3 heterocycles. The predicted octanol–water partition coefficient (Wildman–Crippen LogP) is 5.40. The summed E-state index contributed by atoms with van der Waals surface area (Å²) in [6, 6.07) is 17.6. The minimum atomic E-state index is -0.295. The van der Waals surface area contributed by atoms with Crippen LogP contribution in [0.5, 0.6) is 11.5 Å². The van der Waals surface area contributed by atoms with Gasteiger partial charge in [-0.15, -0.1) is 0 Å². The number of rotatable bonds is 9. The molecule has 0 N–H and O–H groups in total. The summed E-state index contributed by atoms with van der Waals surface area (Å²) in [7, 11) is 1.67. The zero-order valence-electron chi connectivity index (χ0n) is 22.9. The molecule has 0 bridgehead atoms. The molecular weight excluding hydrogens is 509 g/mol. The van der Waals surface area contributed by atoms with E-state index >= 15 is 0 Å². The number of benzene rings is 2. The number of hydrogen-bond donors (Lipinski definition) is 0. The number of ketones is 1. The second kappa shape index (κ2) is 13.0. The van der Waals surface area contributed by atoms with Gasteiger partial charge in [-0.2, -0.15) is 0 Å². The van der Waals surface area contributed by atoms with Crippen molar-refractivity contribution in [2.24, 2.45) is 5.92 Å². The molecular formula is C32H36FN3O4. The molecule has 2 saturated heterocycles. The Morgan fingerprint density at radius 1 is 0.875 bits per heavy atom. The maximum atomic E-state index is 13.1. The van der Waals surface area contributed by atoms with E-state index in [0.29, 0.717) is 55.3 Å². The number of carbonyl (C=O) groups excluding carboxylic acids is 2. The van der Waals surface area contributed by atoms with Crippen molar-refractivity contribution in [2.45, 2.75) is 44.8 Å². The maximum absolute atomic E-state index is 13.1. The number of aromatic nitrogens is 1. The summed E-state index contributed by atoms with van der Waals surface area (Å²) < 4.78 is 24.3. The van der Waals surface area contributed by atoms with E-state index in [9.17, 15) is 14.0 Å². The number of ether oxygens (including phenoxy) is 2. The number of pyridine rings is 1. The Kier molecular flexibility index (Phi) is 9.06. The van der Waals surface area contributed by atoms with Gasteiger partial charge in [0.15, 0.2) is 5.78 Å². The van der Waals surface area contributed by atoms with Gasteiger partial charge in [0.25, 0.3) is 5.91 Å². The van der Waals surface area contributed by atoms with Gasteiger partial charge in [-0.25, -0.2) is 4.39 Å². The standard InChI is InChI=1S/C32H36FN3O4/c1-39-27-7-2-24(3-8-27)22-35-16-12-23(13-17-35)20-31(37)30-11-4-25(21-34-30)32(38)36-18-14-29(15-19-36)40-28-9-5-26(33)6-10-28/h2-11,21,23,29H,12-20,22H2,1H3. The normalized spacial score (nSPS) is 17.0. The van der Waals surface area contributed by atoms with E-state index in [4.69, 9.17) is 9.47 Å². The van der Waals surface area contributed by atoms with Gasteiger partial charge < -0.3 is 14.4 Å². The van der Waals surface area contributed by atoms with Crippen LogP contribution in [0.25, 0.3) is 0 Å². The average molecular weight is 546 g/mol. The summed E-state index contributed by atoms with van der Waals surface area (Å²) in [6.07, 6.45) is 5.37. The lowest BCUT2D eigenvalue weighted by Gasteiger charge is -2.32. The zero-order valence-corrected chi connectivity index (χ0v) is 22.9. The number of piperidine rings is 2. The van der Waals surface area contributed by atoms with Crippen molar-refractivity contribution in [3.8, 4) is 11.5 Å². The molecule has 0 atom stereocenters. The van der Waals surface area contributed by atoms with Crippen LogP contribution in [0.4, 0.5) is 4.39 Å². The van der Waals surface area contributed by atoms with Crippen LogP contribution in [0.1, 0.15) is 58.5 Å². The van der Waals surface area contributed by atoms with Crippen LogP contribution in [0.3, 0.4) is 0 Å². The molecule has 0 radical (unpaired) electrons. The molecule has 2 aliphatic rings. The summed E-state index contributed by atoms with van der Waals surface area (Å²) in [5, 5.41) is 0. The lowest BCUT2D eigenvalue weighted by atomic mass is 9.90. The molecule has 2 aliphatic heterocycles. The molecule has 7 nitrogen and oxygen atoms in total. The van der Waals surface area contributed by atoms with Crippen molar-refractivity contribution in [3.05, 3.63) is 89.5 Å². The first-order chi connectivity index (χ1) is 19.5. The van der Waals surface area contributed by atoms with E-state index in [1.807, 2.05) is 12.1 Å². The van der Waals surface area contributed by atoms with Gasteiger partial charge in [0.1, 0.15) is 29.1 Å². The fourth-order valence-electron chi connectivity index (χ4n) is 5.45. The van der Waals surface area contributed by atoms with Gasteiger partial charge in [0.05, 0.1) is 12.7 Å². The molecule has 0 aliphatic carbocycles. The third kappa shape index (κ3) is 7.24. The van der Waals surface area contributed by atoms with Crippen molar-refractivity contribution < 1.29 is 23.5 Å². The predicted molar refractivity (Wildman–Crippen MR) is 150 cm³/mol. The van der Waals surface area contributed by atoms with Crippen LogP contribution in [-0.4, -0.2) is 65.9 Å². The van der Waals surface area contributed by atoms with Crippen LogP contribution in [0.15, 0.2) is 66.9 Å². The molecule has 3 aromatic rings. The minimum absolute atomic E-state index is 0.0121. The Morgan fingerprint density at radius 2 is 1.55 bits per heavy atom. The maximum Gasteiger partial charge on any atom is 0.255 e. The molecule has 8 heteroatoms. The number of likely N-dealkylation sites (tertiary alicyclic amines) is 2. The number of methoxy groups -OCH3 is 1. The van der Waals surface area contributed by atoms with Crippen LogP contribution >= 0.6 is 0 Å². The lowest BCUT2D eigenvalue weighted by molar-refractivity contribution is 0.0594. The number of hydrogen-bond acceptors (Lipinski definition) is 6. The van der Waals surface area contributed by atoms with Crippen LogP contribution in [-0.2, 0) is 6.54 Å². The third-order valence-electron chi connectivity index (χ3n) is 7.89. The Bertz CT molecular complexity index is 1270. The molecule has 2 fully saturated rings. The molecule has 210 valence electrons. The van der Waals surface area contributed by atoms with Crippen LogP contribution in [0, 0.1) is 11.7 Å². The quantitative estimate of drug-likeness (QED) is 0.336. The summed E-state index contributed by atoms with van der Waals surface area (Å²) in [4.78, 5) is 34.5. The van der Waals surface area contributed by atoms with Crippen molar-refractivity contribution in [3.63, 3.8) is 0 Å². The van der Waals surface area contributed by atoms with Crippen LogP contribution < -0.4 is 9.47 Å². The van der Waals surface area contributed by atoms with Gasteiger partial charge in [-0.05, 0) is 85.9 Å². The third-order valence-corrected chi connectivity index (χ3v) is 7.89. The number of nitrogens with zero attached hydrogens (tertiary/aromatic N) is 3. The van der Waals surface area contributed by atoms with Gasteiger partial charge >= 0.3 is 0 Å². The van der Waals surface area contributed by atoms with Gasteiger partial charge in [0.2, 0.25) is 0 Å². The van der Waals surface area contributed by atoms with Crippen molar-refractivity contribution in [1.29, 1.82) is 0 Å². The highest BCUT2D eigenvalue weighted by molar-refractivity contribution is 5.97. The molecule has 0 saturated carbocycles. The molecule has 1 amide bonds. The van der Waals surface area contributed by atoms with Crippen molar-refractivity contribution >= 4 is 11.7 Å². The molecule has 2 aromatic carbocycles. The smallest absolute Gasteiger partial charge is 0.255 e. The van der Waals surface area contributed by atoms with Gasteiger partial charge in [-0.3, -0.25) is 19.5 Å². The van der Waals surface area contributed by atoms with Crippen molar-refractivity contribution in [2.75, 3.05) is 33.3 Å². The Balaban J connectivity index is 1.05. The number of amides is 1. The fourth-order valence-corrected chi connectivity index (χ4v) is 5.45. The Morgan fingerprint density at radius 3 is 2.17 bits per heavy atom. The number of halogens is 1. The van der Waals surface area contributed by atoms with E-state index in [1.165, 1.54) is 23.9 Å². The van der Waals surface area contributed by atoms with E-state index in [-0.39, 0.29) is 23.6 Å². The highest BCUT2D eigenvalue weighted by Crippen LogP contribution is 2.25. The first kappa shape index (κ1) is 27.8. The highest BCUT2D eigenvalue weighted by Gasteiger charge is 2.26. The Hall–Kier alpha value is -3.78. The molecule has 0 unspecified atom stereocenters. The second-order valence-corrected chi connectivity index (χ2v) is 10.7. The summed E-state index contributed by atoms with van der Waals surface area (Å²) in [5.41, 5.74) is 2.17. The van der Waals surface area contributed by atoms with E-state index < -0.39 is 0 Å². The molecule has 1 aromatic heterocycles. The summed E-state index contributed by atoms with van der Waals surface area (Å²) in [6.45, 7) is 3.98. The Labute approximate surface area is 234 Å². The number of carbonyl (C=O) groups is 2. The minimum Gasteiger partial charge on any atom is -0.497 e. The fraction of sp³-hybridized carbons (Fsp3) is 0.406. The van der Waals surface area contributed by atoms with E-state index in [0.717, 1.165) is 38.2 Å². The summed E-state index contributed by atoms with van der Waals surface area (Å²) in [5.74, 6) is 1.50. The van der Waals surface area contributed by atoms with E-state index in [1.54, 1.807) is 36.3 Å². The molecule has 0 spiro atoms. The van der Waals surface area contributed by atoms with Gasteiger partial charge in [0, 0.05) is 45.1 Å². The summed E-state index contributed by atoms with van der Waals surface area (Å²) >= 11 is 0. The first-order valence-corrected chi connectivity index (χ1v) is 14.0. The first-order valence-electron chi connectivity index (χ1n) is 14.0. The average Bonchev–Trinajstić information content (AvgIpc) is 3.00. The zero-order chi connectivity index (χ0) is 27.9. The SMILES string of the molecule is COc1ccc(CN2CCC(CC(=O)c3ccc(C(=O)N4CCC(Oc5ccc(F)cc5)CC4)cn3)CC2)cc1. The highest BCUT2D eigenvalue weighted by atomic mass is 19.1. The van der Waals surface area contributed by atoms with E-state index in [2.05, 4.69) is 22.0 Å². The largest absolute Gasteiger partial charge is 0.497 e. The van der Waals surface area contributed by atoms with Crippen molar-refractivity contribution in [1.82, 2.24) is 14.8 Å². The molecule has 5 rings (SSSR count). The number of Topliss-reactive ketones (excluding diaryl/α,β-unsaturated/α-hetero) is 1.